The number of nitrogens with one attached hydrogen (secondary N) is 1. The smallest absolute Gasteiger partial charge is 0.122 e. The second-order valence-corrected chi connectivity index (χ2v) is 6.62. The molecule has 21 heavy (non-hydrogen) atoms. The summed E-state index contributed by atoms with van der Waals surface area (Å²) >= 11 is 1.95. The zero-order valence-electron chi connectivity index (χ0n) is 13.2. The van der Waals surface area contributed by atoms with Crippen LogP contribution in [0.5, 0.6) is 5.75 Å². The van der Waals surface area contributed by atoms with E-state index in [1.54, 1.807) is 7.11 Å². The Morgan fingerprint density at radius 3 is 2.52 bits per heavy atom. The van der Waals surface area contributed by atoms with E-state index in [0.717, 1.165) is 31.6 Å². The molecule has 1 N–H and O–H groups in total. The minimum Gasteiger partial charge on any atom is -0.496 e. The minimum absolute atomic E-state index is 0.592. The van der Waals surface area contributed by atoms with Crippen LogP contribution in [0, 0.1) is 5.92 Å². The molecule has 0 aliphatic carbocycles. The van der Waals surface area contributed by atoms with Gasteiger partial charge in [0, 0.05) is 9.75 Å². The summed E-state index contributed by atoms with van der Waals surface area (Å²) in [5.41, 5.74) is 1.30. The van der Waals surface area contributed by atoms with Crippen LogP contribution >= 0.6 is 11.3 Å². The molecule has 1 heterocycles. The Morgan fingerprint density at radius 2 is 1.86 bits per heavy atom. The second kappa shape index (κ2) is 8.20. The second-order valence-electron chi connectivity index (χ2n) is 5.37. The molecule has 0 saturated heterocycles. The number of para-hydroxylation sites is 1. The monoisotopic (exact) mass is 303 g/mol. The van der Waals surface area contributed by atoms with Gasteiger partial charge in [-0.25, -0.2) is 0 Å². The van der Waals surface area contributed by atoms with Crippen molar-refractivity contribution in [3.05, 3.63) is 51.7 Å². The Bertz CT molecular complexity index is 550. The first kappa shape index (κ1) is 16.1. The molecule has 0 fully saturated rings. The fourth-order valence-corrected chi connectivity index (χ4v) is 3.77. The highest BCUT2D eigenvalue weighted by Crippen LogP contribution is 2.25. The number of hydrogen-bond donors (Lipinski definition) is 1. The lowest BCUT2D eigenvalue weighted by molar-refractivity contribution is 0.402. The van der Waals surface area contributed by atoms with Crippen molar-refractivity contribution in [2.45, 2.75) is 26.2 Å². The molecule has 1 unspecified atom stereocenters. The highest BCUT2D eigenvalue weighted by molar-refractivity contribution is 7.11. The molecule has 1 aromatic carbocycles. The van der Waals surface area contributed by atoms with Gasteiger partial charge in [0.25, 0.3) is 0 Å². The molecule has 0 bridgehead atoms. The molecule has 1 aromatic heterocycles. The molecule has 2 aromatic rings. The number of thiophene rings is 1. The molecule has 1 atom stereocenters. The lowest BCUT2D eigenvalue weighted by Gasteiger charge is -2.17. The summed E-state index contributed by atoms with van der Waals surface area (Å²) < 4.78 is 5.48. The Balaban J connectivity index is 2.07. The number of benzene rings is 1. The third-order valence-corrected chi connectivity index (χ3v) is 5.00. The van der Waals surface area contributed by atoms with Crippen molar-refractivity contribution in [1.29, 1.82) is 0 Å². The van der Waals surface area contributed by atoms with Gasteiger partial charge in [0.05, 0.1) is 7.11 Å². The van der Waals surface area contributed by atoms with Crippen LogP contribution in [0.4, 0.5) is 0 Å². The minimum atomic E-state index is 0.592. The van der Waals surface area contributed by atoms with E-state index in [9.17, 15) is 0 Å². The van der Waals surface area contributed by atoms with Gasteiger partial charge in [-0.1, -0.05) is 25.1 Å². The van der Waals surface area contributed by atoms with Crippen LogP contribution in [0.3, 0.4) is 0 Å². The Morgan fingerprint density at radius 1 is 1.10 bits per heavy atom. The van der Waals surface area contributed by atoms with E-state index < -0.39 is 0 Å². The summed E-state index contributed by atoms with van der Waals surface area (Å²) in [6, 6.07) is 12.9. The molecule has 114 valence electrons. The van der Waals surface area contributed by atoms with Crippen LogP contribution in [0.1, 0.15) is 22.2 Å². The van der Waals surface area contributed by atoms with E-state index in [0.29, 0.717) is 5.92 Å². The molecule has 0 amide bonds. The molecular weight excluding hydrogens is 278 g/mol. The zero-order valence-corrected chi connectivity index (χ0v) is 14.0. The number of hydrogen-bond acceptors (Lipinski definition) is 3. The Kier molecular flexibility index (Phi) is 6.27. The van der Waals surface area contributed by atoms with Crippen LogP contribution < -0.4 is 10.1 Å². The summed E-state index contributed by atoms with van der Waals surface area (Å²) in [6.07, 6.45) is 3.31. The van der Waals surface area contributed by atoms with Gasteiger partial charge in [-0.3, -0.25) is 0 Å². The van der Waals surface area contributed by atoms with Crippen molar-refractivity contribution in [3.63, 3.8) is 0 Å². The molecule has 0 spiro atoms. The van der Waals surface area contributed by atoms with E-state index in [1.165, 1.54) is 15.3 Å². The van der Waals surface area contributed by atoms with Gasteiger partial charge in [0.1, 0.15) is 5.75 Å². The van der Waals surface area contributed by atoms with Crippen LogP contribution in [0.15, 0.2) is 36.4 Å². The van der Waals surface area contributed by atoms with Gasteiger partial charge < -0.3 is 10.1 Å². The third kappa shape index (κ3) is 4.58. The molecular formula is C18H25NOS. The highest BCUT2D eigenvalue weighted by Gasteiger charge is 2.14. The molecule has 2 rings (SSSR count). The standard InChI is InChI=1S/C18H25NOS/c1-4-16-9-10-17(21-16)12-14(13-19-2)11-15-7-5-6-8-18(15)20-3/h5-10,14,19H,4,11-13H2,1-3H3. The lowest BCUT2D eigenvalue weighted by atomic mass is 9.95. The van der Waals surface area contributed by atoms with Gasteiger partial charge in [0.2, 0.25) is 0 Å². The maximum atomic E-state index is 5.48. The first-order valence-corrected chi connectivity index (χ1v) is 8.42. The fraction of sp³-hybridized carbons (Fsp3) is 0.444. The van der Waals surface area contributed by atoms with Gasteiger partial charge in [-0.05, 0) is 62.5 Å². The predicted octanol–water partition coefficient (Wildman–Crippen LogP) is 3.94. The third-order valence-electron chi connectivity index (χ3n) is 3.75. The van der Waals surface area contributed by atoms with Crippen LogP contribution in [0.25, 0.3) is 0 Å². The first-order chi connectivity index (χ1) is 10.3. The molecule has 0 aliphatic heterocycles. The van der Waals surface area contributed by atoms with E-state index in [1.807, 2.05) is 30.5 Å². The zero-order chi connectivity index (χ0) is 15.1. The van der Waals surface area contributed by atoms with Crippen molar-refractivity contribution >= 4 is 11.3 Å². The van der Waals surface area contributed by atoms with Crippen molar-refractivity contribution in [2.75, 3.05) is 20.7 Å². The van der Waals surface area contributed by atoms with Crippen molar-refractivity contribution in [3.8, 4) is 5.75 Å². The maximum Gasteiger partial charge on any atom is 0.122 e. The lowest BCUT2D eigenvalue weighted by Crippen LogP contribution is -2.22. The number of ether oxygens (including phenoxy) is 1. The molecule has 0 aliphatic rings. The Labute approximate surface area is 132 Å². The number of methoxy groups -OCH3 is 1. The number of aryl methyl sites for hydroxylation is 1. The Hall–Kier alpha value is -1.32. The van der Waals surface area contributed by atoms with Gasteiger partial charge in [-0.15, -0.1) is 11.3 Å². The molecule has 3 heteroatoms. The molecule has 0 saturated carbocycles. The SMILES string of the molecule is CCc1ccc(CC(CNC)Cc2ccccc2OC)s1. The van der Waals surface area contributed by atoms with Crippen LogP contribution in [-0.4, -0.2) is 20.7 Å². The average molecular weight is 303 g/mol. The average Bonchev–Trinajstić information content (AvgIpc) is 2.95. The van der Waals surface area contributed by atoms with Gasteiger partial charge >= 0.3 is 0 Å². The van der Waals surface area contributed by atoms with E-state index in [4.69, 9.17) is 4.74 Å². The predicted molar refractivity (Wildman–Crippen MR) is 91.5 cm³/mol. The fourth-order valence-electron chi connectivity index (χ4n) is 2.69. The van der Waals surface area contributed by atoms with Gasteiger partial charge in [-0.2, -0.15) is 0 Å². The molecule has 0 radical (unpaired) electrons. The van der Waals surface area contributed by atoms with E-state index in [-0.39, 0.29) is 0 Å². The van der Waals surface area contributed by atoms with Crippen molar-refractivity contribution in [2.24, 2.45) is 5.92 Å². The maximum absolute atomic E-state index is 5.48. The van der Waals surface area contributed by atoms with Crippen molar-refractivity contribution in [1.82, 2.24) is 5.32 Å². The van der Waals surface area contributed by atoms with Crippen molar-refractivity contribution < 1.29 is 4.74 Å². The first-order valence-electron chi connectivity index (χ1n) is 7.60. The highest BCUT2D eigenvalue weighted by atomic mass is 32.1. The summed E-state index contributed by atoms with van der Waals surface area (Å²) in [6.45, 7) is 3.24. The van der Waals surface area contributed by atoms with E-state index >= 15 is 0 Å². The van der Waals surface area contributed by atoms with Crippen LogP contribution in [0.2, 0.25) is 0 Å². The van der Waals surface area contributed by atoms with Crippen LogP contribution in [-0.2, 0) is 19.3 Å². The summed E-state index contributed by atoms with van der Waals surface area (Å²) in [5.74, 6) is 1.59. The number of rotatable bonds is 8. The topological polar surface area (TPSA) is 21.3 Å². The summed E-state index contributed by atoms with van der Waals surface area (Å²) in [7, 11) is 3.78. The summed E-state index contributed by atoms with van der Waals surface area (Å²) in [4.78, 5) is 2.97. The van der Waals surface area contributed by atoms with E-state index in [2.05, 4.69) is 36.5 Å². The quantitative estimate of drug-likeness (QED) is 0.797. The molecule has 2 nitrogen and oxygen atoms in total. The van der Waals surface area contributed by atoms with Gasteiger partial charge in [0.15, 0.2) is 0 Å². The summed E-state index contributed by atoms with van der Waals surface area (Å²) in [5, 5.41) is 3.33. The normalized spacial score (nSPS) is 12.3. The largest absolute Gasteiger partial charge is 0.496 e.